The van der Waals surface area contributed by atoms with Gasteiger partial charge in [0.1, 0.15) is 11.3 Å². The van der Waals surface area contributed by atoms with Crippen LogP contribution in [0.5, 0.6) is 5.75 Å². The van der Waals surface area contributed by atoms with E-state index in [0.717, 1.165) is 10.5 Å². The van der Waals surface area contributed by atoms with Gasteiger partial charge < -0.3 is 15.5 Å². The fraction of sp³-hybridized carbons (Fsp3) is 0.200. The first kappa shape index (κ1) is 15.2. The van der Waals surface area contributed by atoms with Crippen molar-refractivity contribution < 1.29 is 9.53 Å². The SMILES string of the molecule is COc1cc(SC)ccc1-c1cc(C(N)=O)c(=O)[nH]c1C. The molecule has 21 heavy (non-hydrogen) atoms. The second kappa shape index (κ2) is 6.05. The molecule has 3 N–H and O–H groups in total. The minimum Gasteiger partial charge on any atom is -0.496 e. The second-order valence-electron chi connectivity index (χ2n) is 4.48. The number of H-pyrrole nitrogens is 1. The van der Waals surface area contributed by atoms with Gasteiger partial charge in [-0.1, -0.05) is 0 Å². The quantitative estimate of drug-likeness (QED) is 0.848. The van der Waals surface area contributed by atoms with Gasteiger partial charge in [0, 0.05) is 21.7 Å². The van der Waals surface area contributed by atoms with Crippen molar-refractivity contribution in [1.29, 1.82) is 0 Å². The van der Waals surface area contributed by atoms with Crippen LogP contribution in [0.1, 0.15) is 16.1 Å². The summed E-state index contributed by atoms with van der Waals surface area (Å²) in [5, 5.41) is 0. The topological polar surface area (TPSA) is 85.2 Å². The third-order valence-corrected chi connectivity index (χ3v) is 3.93. The number of carbonyl (C=O) groups is 1. The number of carbonyl (C=O) groups excluding carboxylic acids is 1. The molecule has 0 saturated heterocycles. The van der Waals surface area contributed by atoms with E-state index in [-0.39, 0.29) is 5.56 Å². The molecule has 0 unspecified atom stereocenters. The zero-order chi connectivity index (χ0) is 15.6. The number of rotatable bonds is 4. The van der Waals surface area contributed by atoms with Crippen LogP contribution in [0.15, 0.2) is 34.0 Å². The molecule has 1 heterocycles. The van der Waals surface area contributed by atoms with Crippen molar-refractivity contribution in [2.45, 2.75) is 11.8 Å². The summed E-state index contributed by atoms with van der Waals surface area (Å²) in [4.78, 5) is 26.8. The summed E-state index contributed by atoms with van der Waals surface area (Å²) in [7, 11) is 1.58. The van der Waals surface area contributed by atoms with Crippen molar-refractivity contribution in [3.63, 3.8) is 0 Å². The van der Waals surface area contributed by atoms with Crippen molar-refractivity contribution in [3.05, 3.63) is 45.9 Å². The predicted octanol–water partition coefficient (Wildman–Crippen LogP) is 2.18. The lowest BCUT2D eigenvalue weighted by atomic mass is 10.0. The van der Waals surface area contributed by atoms with Gasteiger partial charge in [-0.05, 0) is 37.4 Å². The van der Waals surface area contributed by atoms with Crippen molar-refractivity contribution >= 4 is 17.7 Å². The standard InChI is InChI=1S/C15H16N2O3S/c1-8-11(7-12(14(16)18)15(19)17-8)10-5-4-9(21-3)6-13(10)20-2/h4-7H,1-3H3,(H2,16,18)(H,17,19). The lowest BCUT2D eigenvalue weighted by molar-refractivity contribution is 0.0999. The second-order valence-corrected chi connectivity index (χ2v) is 5.36. The van der Waals surface area contributed by atoms with Crippen LogP contribution >= 0.6 is 11.8 Å². The van der Waals surface area contributed by atoms with Gasteiger partial charge in [0.25, 0.3) is 11.5 Å². The van der Waals surface area contributed by atoms with Crippen LogP contribution in [0.25, 0.3) is 11.1 Å². The third-order valence-electron chi connectivity index (χ3n) is 3.20. The average molecular weight is 304 g/mol. The highest BCUT2D eigenvalue weighted by molar-refractivity contribution is 7.98. The molecule has 0 saturated carbocycles. The van der Waals surface area contributed by atoms with Crippen molar-refractivity contribution in [2.24, 2.45) is 5.73 Å². The Hall–Kier alpha value is -2.21. The molecule has 1 aromatic carbocycles. The molecule has 0 bridgehead atoms. The number of pyridine rings is 1. The Kier molecular flexibility index (Phi) is 4.37. The Morgan fingerprint density at radius 2 is 2.00 bits per heavy atom. The fourth-order valence-electron chi connectivity index (χ4n) is 2.11. The Morgan fingerprint density at radius 1 is 1.29 bits per heavy atom. The molecule has 0 aliphatic rings. The number of amides is 1. The van der Waals surface area contributed by atoms with Gasteiger partial charge in [0.05, 0.1) is 7.11 Å². The molecule has 2 aromatic rings. The van der Waals surface area contributed by atoms with Crippen molar-refractivity contribution in [3.8, 4) is 16.9 Å². The van der Waals surface area contributed by atoms with E-state index in [1.54, 1.807) is 25.8 Å². The van der Waals surface area contributed by atoms with E-state index >= 15 is 0 Å². The fourth-order valence-corrected chi connectivity index (χ4v) is 2.54. The molecule has 6 heteroatoms. The maximum Gasteiger partial charge on any atom is 0.261 e. The molecule has 1 amide bonds. The molecule has 1 aromatic heterocycles. The first-order chi connectivity index (χ1) is 9.97. The predicted molar refractivity (Wildman–Crippen MR) is 84.1 cm³/mol. The van der Waals surface area contributed by atoms with Gasteiger partial charge in [-0.15, -0.1) is 11.8 Å². The number of benzene rings is 1. The molecule has 0 fully saturated rings. The van der Waals surface area contributed by atoms with Crippen molar-refractivity contribution in [1.82, 2.24) is 4.98 Å². The molecule has 0 aliphatic heterocycles. The highest BCUT2D eigenvalue weighted by Crippen LogP contribution is 2.34. The monoisotopic (exact) mass is 304 g/mol. The Labute approximate surface area is 126 Å². The lowest BCUT2D eigenvalue weighted by Gasteiger charge is -2.13. The van der Waals surface area contributed by atoms with Crippen molar-refractivity contribution in [2.75, 3.05) is 13.4 Å². The van der Waals surface area contributed by atoms with E-state index in [2.05, 4.69) is 4.98 Å². The van der Waals surface area contributed by atoms with Crippen LogP contribution in [-0.4, -0.2) is 24.3 Å². The van der Waals surface area contributed by atoms with Gasteiger partial charge in [0.15, 0.2) is 0 Å². The summed E-state index contributed by atoms with van der Waals surface area (Å²) < 4.78 is 5.41. The average Bonchev–Trinajstić information content (AvgIpc) is 2.46. The number of aromatic amines is 1. The van der Waals surface area contributed by atoms with Crippen LogP contribution < -0.4 is 16.0 Å². The molecular weight excluding hydrogens is 288 g/mol. The smallest absolute Gasteiger partial charge is 0.261 e. The highest BCUT2D eigenvalue weighted by Gasteiger charge is 2.15. The number of aryl methyl sites for hydroxylation is 1. The van der Waals surface area contributed by atoms with Crippen LogP contribution in [0.3, 0.4) is 0 Å². The minimum absolute atomic E-state index is 0.0633. The molecule has 0 aliphatic carbocycles. The van der Waals surface area contributed by atoms with E-state index in [4.69, 9.17) is 10.5 Å². The normalized spacial score (nSPS) is 10.4. The summed E-state index contributed by atoms with van der Waals surface area (Å²) in [5.74, 6) is -0.0791. The number of hydrogen-bond acceptors (Lipinski definition) is 4. The van der Waals surface area contributed by atoms with Crippen LogP contribution in [0.4, 0.5) is 0 Å². The van der Waals surface area contributed by atoms with E-state index in [0.29, 0.717) is 17.0 Å². The van der Waals surface area contributed by atoms with Gasteiger partial charge >= 0.3 is 0 Å². The largest absolute Gasteiger partial charge is 0.496 e. The summed E-state index contributed by atoms with van der Waals surface area (Å²) in [6, 6.07) is 7.27. The molecule has 5 nitrogen and oxygen atoms in total. The highest BCUT2D eigenvalue weighted by atomic mass is 32.2. The summed E-state index contributed by atoms with van der Waals surface area (Å²) in [5.41, 5.74) is 6.85. The summed E-state index contributed by atoms with van der Waals surface area (Å²) >= 11 is 1.60. The Balaban J connectivity index is 2.69. The van der Waals surface area contributed by atoms with Gasteiger partial charge in [-0.25, -0.2) is 0 Å². The van der Waals surface area contributed by atoms with Crippen LogP contribution in [0.2, 0.25) is 0 Å². The molecular formula is C15H16N2O3S. The summed E-state index contributed by atoms with van der Waals surface area (Å²) in [6.45, 7) is 1.77. The molecule has 2 rings (SSSR count). The van der Waals surface area contributed by atoms with Gasteiger partial charge in [0.2, 0.25) is 0 Å². The van der Waals surface area contributed by atoms with Crippen LogP contribution in [0, 0.1) is 6.92 Å². The number of ether oxygens (including phenoxy) is 1. The molecule has 0 atom stereocenters. The van der Waals surface area contributed by atoms with E-state index in [1.165, 1.54) is 6.07 Å². The third kappa shape index (κ3) is 2.95. The van der Waals surface area contributed by atoms with E-state index in [9.17, 15) is 9.59 Å². The zero-order valence-electron chi connectivity index (χ0n) is 12.0. The molecule has 0 spiro atoms. The lowest BCUT2D eigenvalue weighted by Crippen LogP contribution is -2.24. The van der Waals surface area contributed by atoms with E-state index in [1.807, 2.05) is 24.5 Å². The number of nitrogens with one attached hydrogen (secondary N) is 1. The van der Waals surface area contributed by atoms with Gasteiger partial charge in [-0.3, -0.25) is 9.59 Å². The zero-order valence-corrected chi connectivity index (χ0v) is 12.8. The number of nitrogens with two attached hydrogens (primary N) is 1. The number of aromatic nitrogens is 1. The minimum atomic E-state index is -0.753. The van der Waals surface area contributed by atoms with E-state index < -0.39 is 11.5 Å². The first-order valence-corrected chi connectivity index (χ1v) is 7.46. The maximum atomic E-state index is 11.7. The Bertz CT molecular complexity index is 753. The van der Waals surface area contributed by atoms with Crippen LogP contribution in [-0.2, 0) is 0 Å². The van der Waals surface area contributed by atoms with Gasteiger partial charge in [-0.2, -0.15) is 0 Å². The number of primary amides is 1. The summed E-state index contributed by atoms with van der Waals surface area (Å²) in [6.07, 6.45) is 1.98. The number of methoxy groups -OCH3 is 1. The number of hydrogen-bond donors (Lipinski definition) is 2. The first-order valence-electron chi connectivity index (χ1n) is 6.24. The molecule has 0 radical (unpaired) electrons. The Morgan fingerprint density at radius 3 is 2.57 bits per heavy atom. The molecule has 110 valence electrons. The maximum absolute atomic E-state index is 11.7. The number of thioether (sulfide) groups is 1.